The molecule has 0 N–H and O–H groups in total. The van der Waals surface area contributed by atoms with Crippen molar-refractivity contribution in [1.82, 2.24) is 0 Å². The summed E-state index contributed by atoms with van der Waals surface area (Å²) in [5, 5.41) is 10.8. The number of nitro groups is 1. The average Bonchev–Trinajstić information content (AvgIpc) is 2.36. The minimum Gasteiger partial charge on any atom is -0.457 e. The van der Waals surface area contributed by atoms with E-state index in [-0.39, 0.29) is 18.1 Å². The van der Waals surface area contributed by atoms with Crippen molar-refractivity contribution in [2.24, 2.45) is 0 Å². The zero-order valence-electron chi connectivity index (χ0n) is 10.2. The fraction of sp³-hybridized carbons (Fsp3) is 0.308. The van der Waals surface area contributed by atoms with Crippen molar-refractivity contribution in [2.45, 2.75) is 25.9 Å². The molecule has 1 rings (SSSR count). The topological polar surface area (TPSA) is 69.4 Å². The molecule has 0 saturated heterocycles. The highest BCUT2D eigenvalue weighted by molar-refractivity contribution is 5.70. The molecular weight excluding hydrogens is 234 g/mol. The van der Waals surface area contributed by atoms with Crippen molar-refractivity contribution in [3.8, 4) is 0 Å². The first-order valence-corrected chi connectivity index (χ1v) is 5.60. The van der Waals surface area contributed by atoms with Gasteiger partial charge in [-0.3, -0.25) is 14.9 Å². The van der Waals surface area contributed by atoms with Crippen LogP contribution in [0.1, 0.15) is 31.4 Å². The summed E-state index contributed by atoms with van der Waals surface area (Å²) in [5.74, 6) is -0.388. The van der Waals surface area contributed by atoms with Gasteiger partial charge in [0.1, 0.15) is 6.10 Å². The van der Waals surface area contributed by atoms with Crippen LogP contribution >= 0.6 is 0 Å². The molecule has 1 aromatic rings. The van der Waals surface area contributed by atoms with Crippen LogP contribution in [0.5, 0.6) is 0 Å². The fourth-order valence-corrected chi connectivity index (χ4v) is 1.54. The second-order valence-electron chi connectivity index (χ2n) is 3.78. The van der Waals surface area contributed by atoms with Gasteiger partial charge in [-0.2, -0.15) is 0 Å². The van der Waals surface area contributed by atoms with Gasteiger partial charge >= 0.3 is 5.97 Å². The molecule has 18 heavy (non-hydrogen) atoms. The van der Waals surface area contributed by atoms with E-state index < -0.39 is 11.0 Å². The minimum absolute atomic E-state index is 0.0403. The molecule has 0 amide bonds. The minimum atomic E-state index is -0.635. The monoisotopic (exact) mass is 249 g/mol. The van der Waals surface area contributed by atoms with Gasteiger partial charge in [0.05, 0.1) is 10.5 Å². The quantitative estimate of drug-likeness (QED) is 0.336. The molecule has 0 aliphatic carbocycles. The smallest absolute Gasteiger partial charge is 0.306 e. The van der Waals surface area contributed by atoms with Gasteiger partial charge in [-0.1, -0.05) is 18.2 Å². The highest BCUT2D eigenvalue weighted by Crippen LogP contribution is 2.27. The number of benzene rings is 1. The highest BCUT2D eigenvalue weighted by Gasteiger charge is 2.20. The predicted molar refractivity (Wildman–Crippen MR) is 67.0 cm³/mol. The Morgan fingerprint density at radius 1 is 1.56 bits per heavy atom. The third-order valence-corrected chi connectivity index (χ3v) is 2.43. The van der Waals surface area contributed by atoms with Gasteiger partial charge in [0.25, 0.3) is 5.69 Å². The Hall–Kier alpha value is -2.17. The van der Waals surface area contributed by atoms with Gasteiger partial charge in [0.15, 0.2) is 0 Å². The Morgan fingerprint density at radius 2 is 2.22 bits per heavy atom. The number of nitro benzene ring substituents is 1. The Morgan fingerprint density at radius 3 is 2.83 bits per heavy atom. The van der Waals surface area contributed by atoms with Crippen LogP contribution in [0.15, 0.2) is 36.9 Å². The van der Waals surface area contributed by atoms with Gasteiger partial charge in [-0.25, -0.2) is 0 Å². The van der Waals surface area contributed by atoms with Gasteiger partial charge in [-0.05, 0) is 19.4 Å². The zero-order chi connectivity index (χ0) is 13.5. The summed E-state index contributed by atoms with van der Waals surface area (Å²) in [6.45, 7) is 5.13. The summed E-state index contributed by atoms with van der Waals surface area (Å²) in [5.41, 5.74) is 0.357. The first-order chi connectivity index (χ1) is 8.56. The van der Waals surface area contributed by atoms with E-state index in [0.717, 1.165) is 0 Å². The second kappa shape index (κ2) is 6.54. The molecule has 96 valence electrons. The summed E-state index contributed by atoms with van der Waals surface area (Å²) in [7, 11) is 0. The molecule has 0 aliphatic heterocycles. The summed E-state index contributed by atoms with van der Waals surface area (Å²) in [4.78, 5) is 21.8. The molecule has 1 unspecified atom stereocenters. The molecule has 0 radical (unpaired) electrons. The summed E-state index contributed by atoms with van der Waals surface area (Å²) in [6.07, 6.45) is 1.75. The van der Waals surface area contributed by atoms with E-state index in [1.54, 1.807) is 31.2 Å². The molecule has 0 bridgehead atoms. The Kier molecular flexibility index (Phi) is 5.05. The van der Waals surface area contributed by atoms with Gasteiger partial charge < -0.3 is 4.74 Å². The number of allylic oxidation sites excluding steroid dienone is 1. The van der Waals surface area contributed by atoms with Gasteiger partial charge in [0, 0.05) is 12.5 Å². The molecule has 1 atom stereocenters. The van der Waals surface area contributed by atoms with E-state index in [1.165, 1.54) is 6.07 Å². The molecule has 0 heterocycles. The largest absolute Gasteiger partial charge is 0.457 e. The maximum absolute atomic E-state index is 11.4. The lowest BCUT2D eigenvalue weighted by Crippen LogP contribution is -2.09. The van der Waals surface area contributed by atoms with Crippen molar-refractivity contribution >= 4 is 11.7 Å². The number of ether oxygens (including phenoxy) is 1. The van der Waals surface area contributed by atoms with Crippen LogP contribution in [0.25, 0.3) is 0 Å². The second-order valence-corrected chi connectivity index (χ2v) is 3.78. The molecule has 0 saturated carbocycles. The third kappa shape index (κ3) is 3.69. The van der Waals surface area contributed by atoms with Crippen molar-refractivity contribution < 1.29 is 14.5 Å². The number of carbonyl (C=O) groups excluding carboxylic acids is 1. The van der Waals surface area contributed by atoms with Crippen molar-refractivity contribution in [3.05, 3.63) is 52.6 Å². The number of carbonyl (C=O) groups is 1. The molecule has 0 aromatic heterocycles. The molecule has 0 fully saturated rings. The number of nitrogens with zero attached hydrogens (tertiary/aromatic N) is 1. The van der Waals surface area contributed by atoms with Crippen molar-refractivity contribution in [1.29, 1.82) is 0 Å². The fourth-order valence-electron chi connectivity index (χ4n) is 1.54. The number of para-hydroxylation sites is 1. The first kappa shape index (κ1) is 13.9. The zero-order valence-corrected chi connectivity index (χ0v) is 10.2. The molecule has 5 nitrogen and oxygen atoms in total. The van der Waals surface area contributed by atoms with Crippen LogP contribution in [-0.4, -0.2) is 10.9 Å². The highest BCUT2D eigenvalue weighted by atomic mass is 16.6. The number of hydrogen-bond acceptors (Lipinski definition) is 4. The Bertz CT molecular complexity index is 456. The van der Waals surface area contributed by atoms with Crippen LogP contribution in [0.4, 0.5) is 5.69 Å². The average molecular weight is 249 g/mol. The summed E-state index contributed by atoms with van der Waals surface area (Å²) in [6, 6.07) is 6.23. The molecule has 0 aliphatic rings. The first-order valence-electron chi connectivity index (χ1n) is 5.60. The molecule has 1 aromatic carbocycles. The maximum atomic E-state index is 11.4. The van der Waals surface area contributed by atoms with Crippen molar-refractivity contribution in [3.63, 3.8) is 0 Å². The van der Waals surface area contributed by atoms with E-state index in [4.69, 9.17) is 4.74 Å². The number of esters is 1. The SMILES string of the molecule is C=CCCC(=O)OC(C)c1ccccc1[N+](=O)[O-]. The predicted octanol–water partition coefficient (Wildman–Crippen LogP) is 3.17. The van der Waals surface area contributed by atoms with Crippen LogP contribution < -0.4 is 0 Å². The standard InChI is InChI=1S/C13H15NO4/c1-3-4-9-13(15)18-10(2)11-7-5-6-8-12(11)14(16)17/h3,5-8,10H,1,4,9H2,2H3. The third-order valence-electron chi connectivity index (χ3n) is 2.43. The van der Waals surface area contributed by atoms with Crippen molar-refractivity contribution in [2.75, 3.05) is 0 Å². The Labute approximate surface area is 105 Å². The van der Waals surface area contributed by atoms with Gasteiger partial charge in [0.2, 0.25) is 0 Å². The maximum Gasteiger partial charge on any atom is 0.306 e. The lowest BCUT2D eigenvalue weighted by Gasteiger charge is -2.13. The van der Waals surface area contributed by atoms with E-state index in [9.17, 15) is 14.9 Å². The van der Waals surface area contributed by atoms with E-state index in [0.29, 0.717) is 12.0 Å². The van der Waals surface area contributed by atoms with Crippen LogP contribution in [0.2, 0.25) is 0 Å². The lowest BCUT2D eigenvalue weighted by atomic mass is 10.1. The Balaban J connectivity index is 2.77. The van der Waals surface area contributed by atoms with Gasteiger partial charge in [-0.15, -0.1) is 6.58 Å². The van der Waals surface area contributed by atoms with E-state index in [2.05, 4.69) is 6.58 Å². The summed E-state index contributed by atoms with van der Waals surface area (Å²) < 4.78 is 5.14. The van der Waals surface area contributed by atoms with E-state index in [1.807, 2.05) is 0 Å². The lowest BCUT2D eigenvalue weighted by molar-refractivity contribution is -0.386. The van der Waals surface area contributed by atoms with Crippen LogP contribution in [0.3, 0.4) is 0 Å². The normalized spacial score (nSPS) is 11.6. The van der Waals surface area contributed by atoms with E-state index >= 15 is 0 Å². The molecule has 5 heteroatoms. The molecule has 0 spiro atoms. The number of rotatable bonds is 6. The summed E-state index contributed by atoms with van der Waals surface area (Å²) >= 11 is 0. The van der Waals surface area contributed by atoms with Crippen LogP contribution in [-0.2, 0) is 9.53 Å². The molecular formula is C13H15NO4. The number of hydrogen-bond donors (Lipinski definition) is 0. The van der Waals surface area contributed by atoms with Crippen LogP contribution in [0, 0.1) is 10.1 Å².